The van der Waals surface area contributed by atoms with Crippen LogP contribution in [0.25, 0.3) is 0 Å². The quantitative estimate of drug-likeness (QED) is 0.651. The Balaban J connectivity index is 2.58. The minimum Gasteiger partial charge on any atom is -0.492 e. The molecule has 0 aliphatic rings. The predicted octanol–water partition coefficient (Wildman–Crippen LogP) is 3.21. The SMILES string of the molecule is CCCN(CCC)CCC(O)c1ccc(OCC)c(N)c1. The molecule has 0 aromatic heterocycles. The Hall–Kier alpha value is -1.26. The van der Waals surface area contributed by atoms with E-state index >= 15 is 0 Å². The van der Waals surface area contributed by atoms with Crippen LogP contribution in [-0.2, 0) is 0 Å². The molecule has 1 rings (SSSR count). The molecule has 0 aliphatic heterocycles. The molecule has 3 N–H and O–H groups in total. The number of nitrogen functional groups attached to an aromatic ring is 1. The van der Waals surface area contributed by atoms with Crippen molar-refractivity contribution in [2.24, 2.45) is 0 Å². The van der Waals surface area contributed by atoms with Gasteiger partial charge in [0.2, 0.25) is 0 Å². The predicted molar refractivity (Wildman–Crippen MR) is 88.6 cm³/mol. The van der Waals surface area contributed by atoms with E-state index in [1.54, 1.807) is 0 Å². The average Bonchev–Trinajstić information content (AvgIpc) is 2.47. The summed E-state index contributed by atoms with van der Waals surface area (Å²) in [5.74, 6) is 0.687. The van der Waals surface area contributed by atoms with Gasteiger partial charge in [-0.25, -0.2) is 0 Å². The lowest BCUT2D eigenvalue weighted by Gasteiger charge is -2.22. The van der Waals surface area contributed by atoms with E-state index in [0.29, 0.717) is 18.0 Å². The standard InChI is InChI=1S/C17H30N2O2/c1-4-10-19(11-5-2)12-9-16(20)14-7-8-17(21-6-3)15(18)13-14/h7-8,13,16,20H,4-6,9-12,18H2,1-3H3. The molecular formula is C17H30N2O2. The molecule has 0 bridgehead atoms. The summed E-state index contributed by atoms with van der Waals surface area (Å²) in [6, 6.07) is 5.56. The van der Waals surface area contributed by atoms with E-state index in [1.807, 2.05) is 25.1 Å². The van der Waals surface area contributed by atoms with Gasteiger partial charge in [0, 0.05) is 6.54 Å². The number of hydrogen-bond donors (Lipinski definition) is 2. The largest absolute Gasteiger partial charge is 0.492 e. The van der Waals surface area contributed by atoms with Gasteiger partial charge in [-0.15, -0.1) is 0 Å². The molecule has 21 heavy (non-hydrogen) atoms. The van der Waals surface area contributed by atoms with Gasteiger partial charge in [0.1, 0.15) is 5.75 Å². The number of anilines is 1. The van der Waals surface area contributed by atoms with Crippen molar-refractivity contribution >= 4 is 5.69 Å². The molecule has 0 saturated carbocycles. The van der Waals surface area contributed by atoms with Crippen LogP contribution in [0.2, 0.25) is 0 Å². The number of nitrogens with zero attached hydrogens (tertiary/aromatic N) is 1. The Labute approximate surface area is 128 Å². The van der Waals surface area contributed by atoms with E-state index < -0.39 is 6.10 Å². The summed E-state index contributed by atoms with van der Waals surface area (Å²) in [6.45, 7) is 9.99. The highest BCUT2D eigenvalue weighted by Gasteiger charge is 2.12. The number of hydrogen-bond acceptors (Lipinski definition) is 4. The molecule has 0 spiro atoms. The third kappa shape index (κ3) is 5.94. The normalized spacial score (nSPS) is 12.6. The zero-order chi connectivity index (χ0) is 15.7. The lowest BCUT2D eigenvalue weighted by molar-refractivity contribution is 0.141. The minimum atomic E-state index is -0.473. The highest BCUT2D eigenvalue weighted by molar-refractivity contribution is 5.54. The molecule has 1 atom stereocenters. The molecular weight excluding hydrogens is 264 g/mol. The van der Waals surface area contributed by atoms with Crippen LogP contribution in [0, 0.1) is 0 Å². The first-order valence-electron chi connectivity index (χ1n) is 8.04. The molecule has 1 aromatic rings. The zero-order valence-electron chi connectivity index (χ0n) is 13.6. The Bertz CT molecular complexity index is 404. The van der Waals surface area contributed by atoms with Crippen LogP contribution < -0.4 is 10.5 Å². The highest BCUT2D eigenvalue weighted by Crippen LogP contribution is 2.27. The van der Waals surface area contributed by atoms with Crippen molar-refractivity contribution < 1.29 is 9.84 Å². The lowest BCUT2D eigenvalue weighted by atomic mass is 10.1. The number of ether oxygens (including phenoxy) is 1. The van der Waals surface area contributed by atoms with Crippen LogP contribution in [0.1, 0.15) is 51.7 Å². The maximum Gasteiger partial charge on any atom is 0.142 e. The maximum atomic E-state index is 10.3. The second kappa shape index (κ2) is 9.64. The van der Waals surface area contributed by atoms with Gasteiger partial charge in [-0.3, -0.25) is 0 Å². The summed E-state index contributed by atoms with van der Waals surface area (Å²) in [7, 11) is 0. The van der Waals surface area contributed by atoms with Crippen molar-refractivity contribution in [3.63, 3.8) is 0 Å². The monoisotopic (exact) mass is 294 g/mol. The van der Waals surface area contributed by atoms with Gasteiger partial charge in [-0.2, -0.15) is 0 Å². The van der Waals surface area contributed by atoms with E-state index in [9.17, 15) is 5.11 Å². The Morgan fingerprint density at radius 2 is 1.81 bits per heavy atom. The van der Waals surface area contributed by atoms with Gasteiger partial charge in [-0.05, 0) is 57.0 Å². The molecule has 4 heteroatoms. The van der Waals surface area contributed by atoms with Crippen molar-refractivity contribution in [1.82, 2.24) is 4.90 Å². The smallest absolute Gasteiger partial charge is 0.142 e. The van der Waals surface area contributed by atoms with Crippen molar-refractivity contribution in [1.29, 1.82) is 0 Å². The lowest BCUT2D eigenvalue weighted by Crippen LogP contribution is -2.27. The van der Waals surface area contributed by atoms with Crippen molar-refractivity contribution in [2.45, 2.75) is 46.1 Å². The molecule has 0 fully saturated rings. The van der Waals surface area contributed by atoms with Crippen molar-refractivity contribution in [2.75, 3.05) is 32.0 Å². The van der Waals surface area contributed by atoms with Crippen molar-refractivity contribution in [3.8, 4) is 5.75 Å². The van der Waals surface area contributed by atoms with Gasteiger partial charge in [0.15, 0.2) is 0 Å². The maximum absolute atomic E-state index is 10.3. The topological polar surface area (TPSA) is 58.7 Å². The Morgan fingerprint density at radius 1 is 1.14 bits per heavy atom. The summed E-state index contributed by atoms with van der Waals surface area (Å²) < 4.78 is 5.42. The second-order valence-corrected chi connectivity index (χ2v) is 5.38. The summed E-state index contributed by atoms with van der Waals surface area (Å²) in [4.78, 5) is 2.40. The first-order valence-corrected chi connectivity index (χ1v) is 8.04. The number of nitrogens with two attached hydrogens (primary N) is 1. The van der Waals surface area contributed by atoms with Crippen LogP contribution in [0.4, 0.5) is 5.69 Å². The van der Waals surface area contributed by atoms with Crippen LogP contribution in [0.5, 0.6) is 5.75 Å². The molecule has 4 nitrogen and oxygen atoms in total. The van der Waals surface area contributed by atoms with E-state index in [2.05, 4.69) is 18.7 Å². The summed E-state index contributed by atoms with van der Waals surface area (Å²) in [6.07, 6.45) is 2.55. The molecule has 1 aromatic carbocycles. The van der Waals surface area contributed by atoms with Gasteiger partial charge < -0.3 is 20.5 Å². The molecule has 0 saturated heterocycles. The number of rotatable bonds is 10. The Morgan fingerprint density at radius 3 is 2.33 bits per heavy atom. The fourth-order valence-electron chi connectivity index (χ4n) is 2.50. The summed E-state index contributed by atoms with van der Waals surface area (Å²) in [5.41, 5.74) is 7.40. The molecule has 120 valence electrons. The van der Waals surface area contributed by atoms with Crippen molar-refractivity contribution in [3.05, 3.63) is 23.8 Å². The van der Waals surface area contributed by atoms with Gasteiger partial charge >= 0.3 is 0 Å². The number of aliphatic hydroxyl groups is 1. The fraction of sp³-hybridized carbons (Fsp3) is 0.647. The van der Waals surface area contributed by atoms with Crippen LogP contribution in [0.3, 0.4) is 0 Å². The summed E-state index contributed by atoms with van der Waals surface area (Å²) >= 11 is 0. The molecule has 0 amide bonds. The van der Waals surface area contributed by atoms with E-state index in [-0.39, 0.29) is 0 Å². The minimum absolute atomic E-state index is 0.473. The first kappa shape index (κ1) is 17.8. The number of aliphatic hydroxyl groups excluding tert-OH is 1. The van der Waals surface area contributed by atoms with Gasteiger partial charge in [0.25, 0.3) is 0 Å². The zero-order valence-corrected chi connectivity index (χ0v) is 13.6. The van der Waals surface area contributed by atoms with Crippen LogP contribution in [0.15, 0.2) is 18.2 Å². The van der Waals surface area contributed by atoms with E-state index in [4.69, 9.17) is 10.5 Å². The van der Waals surface area contributed by atoms with Gasteiger partial charge in [-0.1, -0.05) is 19.9 Å². The third-order valence-electron chi connectivity index (χ3n) is 3.52. The summed E-state index contributed by atoms with van der Waals surface area (Å²) in [5, 5.41) is 10.3. The Kier molecular flexibility index (Phi) is 8.16. The highest BCUT2D eigenvalue weighted by atomic mass is 16.5. The third-order valence-corrected chi connectivity index (χ3v) is 3.52. The second-order valence-electron chi connectivity index (χ2n) is 5.38. The van der Waals surface area contributed by atoms with Crippen LogP contribution in [-0.4, -0.2) is 36.2 Å². The fourth-order valence-corrected chi connectivity index (χ4v) is 2.50. The molecule has 0 aliphatic carbocycles. The van der Waals surface area contributed by atoms with E-state index in [0.717, 1.165) is 44.5 Å². The van der Waals surface area contributed by atoms with Crippen LogP contribution >= 0.6 is 0 Å². The number of benzene rings is 1. The molecule has 1 unspecified atom stereocenters. The first-order chi connectivity index (χ1) is 10.1. The molecule has 0 radical (unpaired) electrons. The molecule has 0 heterocycles. The van der Waals surface area contributed by atoms with Gasteiger partial charge in [0.05, 0.1) is 18.4 Å². The average molecular weight is 294 g/mol. The van der Waals surface area contributed by atoms with E-state index in [1.165, 1.54) is 0 Å².